The smallest absolute Gasteiger partial charge is 0.338 e. The van der Waals surface area contributed by atoms with Crippen LogP contribution in [0.3, 0.4) is 0 Å². The molecule has 1 fully saturated rings. The number of nitrogens with one attached hydrogen (secondary N) is 1. The fourth-order valence-electron chi connectivity index (χ4n) is 2.95. The predicted molar refractivity (Wildman–Crippen MR) is 108 cm³/mol. The highest BCUT2D eigenvalue weighted by atomic mass is 16.5. The van der Waals surface area contributed by atoms with Gasteiger partial charge in [0.25, 0.3) is 0 Å². The van der Waals surface area contributed by atoms with Crippen molar-refractivity contribution >= 4 is 11.8 Å². The number of hydrogen-bond acceptors (Lipinski definition) is 7. The van der Waals surface area contributed by atoms with Gasteiger partial charge in [0.1, 0.15) is 23.9 Å². The zero-order chi connectivity index (χ0) is 20.6. The van der Waals surface area contributed by atoms with Crippen molar-refractivity contribution in [2.75, 3.05) is 40.5 Å². The van der Waals surface area contributed by atoms with E-state index in [1.807, 2.05) is 4.90 Å². The summed E-state index contributed by atoms with van der Waals surface area (Å²) in [5.74, 6) is 1.62. The van der Waals surface area contributed by atoms with Crippen molar-refractivity contribution in [2.45, 2.75) is 0 Å². The molecule has 0 radical (unpaired) electrons. The predicted octanol–water partition coefficient (Wildman–Crippen LogP) is 2.49. The lowest BCUT2D eigenvalue weighted by Crippen LogP contribution is -2.26. The third-order valence-electron chi connectivity index (χ3n) is 4.59. The minimum atomic E-state index is -0.389. The molecule has 3 rings (SSSR count). The van der Waals surface area contributed by atoms with E-state index in [1.165, 1.54) is 0 Å². The summed E-state index contributed by atoms with van der Waals surface area (Å²) in [5, 5.41) is 3.20. The van der Waals surface area contributed by atoms with E-state index in [0.717, 1.165) is 18.9 Å². The quantitative estimate of drug-likeness (QED) is 0.417. The summed E-state index contributed by atoms with van der Waals surface area (Å²) in [6.45, 7) is 2.19. The fourth-order valence-corrected chi connectivity index (χ4v) is 2.95. The van der Waals surface area contributed by atoms with Crippen LogP contribution in [0, 0.1) is 0 Å². The summed E-state index contributed by atoms with van der Waals surface area (Å²) in [6.07, 6.45) is 1.57. The summed E-state index contributed by atoms with van der Waals surface area (Å²) < 4.78 is 15.5. The number of ketones is 1. The Morgan fingerprint density at radius 2 is 1.55 bits per heavy atom. The van der Waals surface area contributed by atoms with Crippen LogP contribution in [0.15, 0.2) is 60.4 Å². The molecular formula is C22H24N2O5. The molecule has 1 N–H and O–H groups in total. The van der Waals surface area contributed by atoms with Crippen molar-refractivity contribution in [1.29, 1.82) is 0 Å². The van der Waals surface area contributed by atoms with Crippen LogP contribution in [0.25, 0.3) is 0 Å². The van der Waals surface area contributed by atoms with E-state index in [0.29, 0.717) is 29.2 Å². The first-order valence-corrected chi connectivity index (χ1v) is 9.31. The van der Waals surface area contributed by atoms with Crippen LogP contribution in [-0.4, -0.2) is 57.1 Å². The summed E-state index contributed by atoms with van der Waals surface area (Å²) in [5.41, 5.74) is 1.05. The molecule has 0 aromatic heterocycles. The highest BCUT2D eigenvalue weighted by Gasteiger charge is 2.18. The molecule has 0 bridgehead atoms. The van der Waals surface area contributed by atoms with Crippen LogP contribution in [-0.2, 0) is 4.74 Å². The maximum atomic E-state index is 12.5. The molecule has 1 heterocycles. The second-order valence-electron chi connectivity index (χ2n) is 6.40. The maximum Gasteiger partial charge on any atom is 0.338 e. The number of carbonyl (C=O) groups excluding carboxylic acids is 2. The van der Waals surface area contributed by atoms with Gasteiger partial charge in [-0.2, -0.15) is 0 Å². The van der Waals surface area contributed by atoms with Crippen molar-refractivity contribution in [3.63, 3.8) is 0 Å². The van der Waals surface area contributed by atoms with Gasteiger partial charge in [0, 0.05) is 24.7 Å². The molecule has 2 aromatic rings. The van der Waals surface area contributed by atoms with Gasteiger partial charge in [0.05, 0.1) is 26.3 Å². The fraction of sp³-hybridized carbons (Fsp3) is 0.273. The molecule has 0 atom stereocenters. The lowest BCUT2D eigenvalue weighted by atomic mass is 10.1. The Morgan fingerprint density at radius 3 is 2.14 bits per heavy atom. The number of allylic oxidation sites excluding steroid dienone is 1. The average Bonchev–Trinajstić information content (AvgIpc) is 3.20. The van der Waals surface area contributed by atoms with Crippen molar-refractivity contribution in [2.24, 2.45) is 0 Å². The Labute approximate surface area is 169 Å². The monoisotopic (exact) mass is 396 g/mol. The van der Waals surface area contributed by atoms with Crippen molar-refractivity contribution < 1.29 is 23.8 Å². The lowest BCUT2D eigenvalue weighted by molar-refractivity contribution is 0.0480. The van der Waals surface area contributed by atoms with Crippen LogP contribution in [0.1, 0.15) is 20.7 Å². The molecular weight excluding hydrogens is 372 g/mol. The van der Waals surface area contributed by atoms with E-state index in [-0.39, 0.29) is 18.4 Å². The zero-order valence-electron chi connectivity index (χ0n) is 16.5. The first kappa shape index (κ1) is 20.3. The Morgan fingerprint density at radius 1 is 0.966 bits per heavy atom. The SMILES string of the molecule is COc1ccc(C(=O)/C=C2\NCCN2CCOC(=O)c2ccc(OC)cc2)cc1. The first-order chi connectivity index (χ1) is 14.1. The van der Waals surface area contributed by atoms with Crippen LogP contribution in [0.4, 0.5) is 0 Å². The minimum Gasteiger partial charge on any atom is -0.497 e. The number of carbonyl (C=O) groups is 2. The molecule has 0 amide bonds. The molecule has 152 valence electrons. The van der Waals surface area contributed by atoms with Crippen LogP contribution >= 0.6 is 0 Å². The first-order valence-electron chi connectivity index (χ1n) is 9.31. The molecule has 0 aliphatic carbocycles. The molecule has 1 saturated heterocycles. The largest absolute Gasteiger partial charge is 0.497 e. The summed E-state index contributed by atoms with van der Waals surface area (Å²) in [6, 6.07) is 13.7. The molecule has 0 saturated carbocycles. The van der Waals surface area contributed by atoms with E-state index < -0.39 is 0 Å². The summed E-state index contributed by atoms with van der Waals surface area (Å²) in [4.78, 5) is 26.6. The van der Waals surface area contributed by atoms with Gasteiger partial charge in [-0.1, -0.05) is 0 Å². The minimum absolute atomic E-state index is 0.0997. The van der Waals surface area contributed by atoms with Gasteiger partial charge < -0.3 is 24.4 Å². The number of ether oxygens (including phenoxy) is 3. The number of esters is 1. The molecule has 7 heteroatoms. The third kappa shape index (κ3) is 5.28. The highest BCUT2D eigenvalue weighted by molar-refractivity contribution is 6.04. The average molecular weight is 396 g/mol. The maximum absolute atomic E-state index is 12.5. The van der Waals surface area contributed by atoms with Gasteiger partial charge in [-0.15, -0.1) is 0 Å². The van der Waals surface area contributed by atoms with Gasteiger partial charge in [0.2, 0.25) is 0 Å². The molecule has 2 aromatic carbocycles. The number of nitrogens with zero attached hydrogens (tertiary/aromatic N) is 1. The molecule has 1 aliphatic rings. The number of benzene rings is 2. The number of methoxy groups -OCH3 is 2. The molecule has 0 spiro atoms. The Kier molecular flexibility index (Phi) is 6.73. The molecule has 1 aliphatic heterocycles. The van der Waals surface area contributed by atoms with Gasteiger partial charge in [-0.3, -0.25) is 4.79 Å². The molecule has 0 unspecified atom stereocenters. The van der Waals surface area contributed by atoms with Crippen molar-refractivity contribution in [1.82, 2.24) is 10.2 Å². The van der Waals surface area contributed by atoms with E-state index in [9.17, 15) is 9.59 Å². The third-order valence-corrected chi connectivity index (χ3v) is 4.59. The van der Waals surface area contributed by atoms with Gasteiger partial charge in [-0.25, -0.2) is 4.79 Å². The number of hydrogen-bond donors (Lipinski definition) is 1. The van der Waals surface area contributed by atoms with Crippen molar-refractivity contribution in [3.05, 3.63) is 71.6 Å². The molecule has 7 nitrogen and oxygen atoms in total. The highest BCUT2D eigenvalue weighted by Crippen LogP contribution is 2.15. The topological polar surface area (TPSA) is 77.1 Å². The number of rotatable bonds is 8. The van der Waals surface area contributed by atoms with Crippen LogP contribution in [0.2, 0.25) is 0 Å². The van der Waals surface area contributed by atoms with E-state index in [2.05, 4.69) is 5.32 Å². The van der Waals surface area contributed by atoms with E-state index in [1.54, 1.807) is 68.8 Å². The standard InChI is InChI=1S/C22H24N2O5/c1-27-18-7-3-16(4-8-18)20(25)15-21-23-11-12-24(21)13-14-29-22(26)17-5-9-19(28-2)10-6-17/h3-10,15,23H,11-14H2,1-2H3/b21-15+. The molecule has 29 heavy (non-hydrogen) atoms. The van der Waals surface area contributed by atoms with Gasteiger partial charge >= 0.3 is 5.97 Å². The lowest BCUT2D eigenvalue weighted by Gasteiger charge is -2.18. The summed E-state index contributed by atoms with van der Waals surface area (Å²) >= 11 is 0. The normalized spacial score (nSPS) is 14.4. The Hall–Kier alpha value is -3.48. The summed E-state index contributed by atoms with van der Waals surface area (Å²) in [7, 11) is 3.16. The van der Waals surface area contributed by atoms with E-state index in [4.69, 9.17) is 14.2 Å². The van der Waals surface area contributed by atoms with Gasteiger partial charge in [0.15, 0.2) is 5.78 Å². The second-order valence-corrected chi connectivity index (χ2v) is 6.40. The van der Waals surface area contributed by atoms with Crippen LogP contribution in [0.5, 0.6) is 11.5 Å². The second kappa shape index (κ2) is 9.64. The Balaban J connectivity index is 1.53. The zero-order valence-corrected chi connectivity index (χ0v) is 16.5. The Bertz CT molecular complexity index is 875. The van der Waals surface area contributed by atoms with E-state index >= 15 is 0 Å². The van der Waals surface area contributed by atoms with Gasteiger partial charge in [-0.05, 0) is 48.5 Å². The van der Waals surface area contributed by atoms with Crippen molar-refractivity contribution in [3.8, 4) is 11.5 Å². The van der Waals surface area contributed by atoms with Crippen LogP contribution < -0.4 is 14.8 Å².